The van der Waals surface area contributed by atoms with Gasteiger partial charge in [0.05, 0.1) is 12.2 Å². The fourth-order valence-corrected chi connectivity index (χ4v) is 3.09. The third kappa shape index (κ3) is 2.80. The average Bonchev–Trinajstić information content (AvgIpc) is 2.94. The molecule has 1 aliphatic heterocycles. The maximum Gasteiger partial charge on any atom is 0.338 e. The fraction of sp³-hybridized carbons (Fsp3) is 0.267. The summed E-state index contributed by atoms with van der Waals surface area (Å²) in [5.41, 5.74) is 1.79. The molecule has 0 amide bonds. The molecule has 1 aromatic heterocycles. The first-order chi connectivity index (χ1) is 11.0. The van der Waals surface area contributed by atoms with E-state index in [0.29, 0.717) is 32.8 Å². The van der Waals surface area contributed by atoms with E-state index in [2.05, 4.69) is 15.4 Å². The number of rotatable bonds is 3. The third-order valence-corrected chi connectivity index (χ3v) is 4.11. The average molecular weight is 353 g/mol. The van der Waals surface area contributed by atoms with E-state index in [1.54, 1.807) is 36.7 Å². The predicted octanol–water partition coefficient (Wildman–Crippen LogP) is 3.44. The molecule has 1 atom stereocenters. The summed E-state index contributed by atoms with van der Waals surface area (Å²) >= 11 is 12.3. The highest BCUT2D eigenvalue weighted by molar-refractivity contribution is 6.35. The molecule has 8 heteroatoms. The molecule has 0 aliphatic carbocycles. The Bertz CT molecular complexity index is 801. The number of anilines is 1. The van der Waals surface area contributed by atoms with E-state index in [-0.39, 0.29) is 6.61 Å². The van der Waals surface area contributed by atoms with Gasteiger partial charge >= 0.3 is 5.97 Å². The lowest BCUT2D eigenvalue weighted by atomic mass is 9.96. The van der Waals surface area contributed by atoms with Crippen LogP contribution in [0.4, 0.5) is 5.95 Å². The molecule has 1 unspecified atom stereocenters. The molecule has 1 aliphatic rings. The van der Waals surface area contributed by atoms with Gasteiger partial charge in [-0.2, -0.15) is 10.1 Å². The minimum Gasteiger partial charge on any atom is -0.463 e. The zero-order chi connectivity index (χ0) is 16.6. The van der Waals surface area contributed by atoms with Crippen LogP contribution >= 0.6 is 23.2 Å². The molecule has 6 nitrogen and oxygen atoms in total. The molecule has 3 rings (SSSR count). The zero-order valence-electron chi connectivity index (χ0n) is 12.5. The van der Waals surface area contributed by atoms with Crippen LogP contribution in [0.5, 0.6) is 0 Å². The van der Waals surface area contributed by atoms with E-state index in [4.69, 9.17) is 27.9 Å². The first kappa shape index (κ1) is 15.8. The van der Waals surface area contributed by atoms with Crippen molar-refractivity contribution in [1.82, 2.24) is 14.8 Å². The Morgan fingerprint density at radius 1 is 1.43 bits per heavy atom. The van der Waals surface area contributed by atoms with Gasteiger partial charge in [0.15, 0.2) is 0 Å². The molecule has 0 fully saturated rings. The van der Waals surface area contributed by atoms with Crippen LogP contribution in [0.1, 0.15) is 25.5 Å². The van der Waals surface area contributed by atoms with Crippen LogP contribution in [0.15, 0.2) is 35.8 Å². The first-order valence-electron chi connectivity index (χ1n) is 7.02. The number of ether oxygens (including phenoxy) is 1. The lowest BCUT2D eigenvalue weighted by molar-refractivity contribution is -0.139. The molecule has 23 heavy (non-hydrogen) atoms. The van der Waals surface area contributed by atoms with Crippen molar-refractivity contribution >= 4 is 35.1 Å². The van der Waals surface area contributed by atoms with Crippen LogP contribution < -0.4 is 5.32 Å². The number of fused-ring (bicyclic) bond motifs is 1. The summed E-state index contributed by atoms with van der Waals surface area (Å²) in [4.78, 5) is 16.6. The van der Waals surface area contributed by atoms with E-state index in [9.17, 15) is 4.79 Å². The smallest absolute Gasteiger partial charge is 0.338 e. The second-order valence-corrected chi connectivity index (χ2v) is 5.82. The fourth-order valence-electron chi connectivity index (χ4n) is 2.57. The van der Waals surface area contributed by atoms with Gasteiger partial charge < -0.3 is 10.1 Å². The van der Waals surface area contributed by atoms with E-state index >= 15 is 0 Å². The van der Waals surface area contributed by atoms with Gasteiger partial charge in [0.2, 0.25) is 5.95 Å². The highest BCUT2D eigenvalue weighted by Crippen LogP contribution is 2.38. The van der Waals surface area contributed by atoms with Crippen molar-refractivity contribution in [1.29, 1.82) is 0 Å². The van der Waals surface area contributed by atoms with Crippen molar-refractivity contribution in [2.75, 3.05) is 11.9 Å². The maximum absolute atomic E-state index is 12.5. The van der Waals surface area contributed by atoms with Crippen molar-refractivity contribution in [3.63, 3.8) is 0 Å². The van der Waals surface area contributed by atoms with Gasteiger partial charge in [0.25, 0.3) is 0 Å². The molecule has 1 aromatic carbocycles. The Kier molecular flexibility index (Phi) is 4.28. The molecule has 0 radical (unpaired) electrons. The van der Waals surface area contributed by atoms with Crippen LogP contribution in [-0.2, 0) is 9.53 Å². The van der Waals surface area contributed by atoms with Gasteiger partial charge in [-0.1, -0.05) is 29.3 Å². The second kappa shape index (κ2) is 6.22. The van der Waals surface area contributed by atoms with Gasteiger partial charge in [-0.3, -0.25) is 0 Å². The number of carbonyl (C=O) groups is 1. The Morgan fingerprint density at radius 2 is 2.22 bits per heavy atom. The van der Waals surface area contributed by atoms with Crippen molar-refractivity contribution in [3.8, 4) is 0 Å². The molecule has 120 valence electrons. The molecule has 0 saturated carbocycles. The van der Waals surface area contributed by atoms with Crippen LogP contribution in [0.25, 0.3) is 0 Å². The largest absolute Gasteiger partial charge is 0.463 e. The van der Waals surface area contributed by atoms with E-state index < -0.39 is 12.0 Å². The predicted molar refractivity (Wildman–Crippen MR) is 87.6 cm³/mol. The van der Waals surface area contributed by atoms with Gasteiger partial charge in [-0.25, -0.2) is 9.48 Å². The highest BCUT2D eigenvalue weighted by atomic mass is 35.5. The summed E-state index contributed by atoms with van der Waals surface area (Å²) in [5.74, 6) is 0.112. The SMILES string of the molecule is CCOC(=O)C1=C(C)Nc2ncnn2C1c1ccc(Cl)cc1Cl. The van der Waals surface area contributed by atoms with Crippen LogP contribution in [-0.4, -0.2) is 27.3 Å². The van der Waals surface area contributed by atoms with Crippen molar-refractivity contribution in [2.24, 2.45) is 0 Å². The quantitative estimate of drug-likeness (QED) is 0.856. The Morgan fingerprint density at radius 3 is 2.91 bits per heavy atom. The molecule has 0 saturated heterocycles. The second-order valence-electron chi connectivity index (χ2n) is 4.98. The lowest BCUT2D eigenvalue weighted by Crippen LogP contribution is -2.29. The number of allylic oxidation sites excluding steroid dienone is 1. The number of benzene rings is 1. The molecule has 0 bridgehead atoms. The summed E-state index contributed by atoms with van der Waals surface area (Å²) in [5, 5.41) is 8.24. The summed E-state index contributed by atoms with van der Waals surface area (Å²) in [7, 11) is 0. The number of nitrogens with zero attached hydrogens (tertiary/aromatic N) is 3. The van der Waals surface area contributed by atoms with Gasteiger partial charge in [-0.15, -0.1) is 0 Å². The summed E-state index contributed by atoms with van der Waals surface area (Å²) < 4.78 is 6.80. The number of hydrogen-bond acceptors (Lipinski definition) is 5. The van der Waals surface area contributed by atoms with Crippen molar-refractivity contribution in [3.05, 3.63) is 51.4 Å². The summed E-state index contributed by atoms with van der Waals surface area (Å²) in [6.45, 7) is 3.83. The monoisotopic (exact) mass is 352 g/mol. The van der Waals surface area contributed by atoms with E-state index in [1.807, 2.05) is 0 Å². The van der Waals surface area contributed by atoms with Gasteiger partial charge in [0.1, 0.15) is 12.4 Å². The third-order valence-electron chi connectivity index (χ3n) is 3.55. The minimum atomic E-state index is -0.530. The Hall–Kier alpha value is -2.05. The highest BCUT2D eigenvalue weighted by Gasteiger charge is 2.35. The Labute approximate surface area is 143 Å². The molecular weight excluding hydrogens is 339 g/mol. The van der Waals surface area contributed by atoms with Gasteiger partial charge in [-0.05, 0) is 26.0 Å². The molecule has 1 N–H and O–H groups in total. The van der Waals surface area contributed by atoms with Gasteiger partial charge in [0, 0.05) is 21.3 Å². The number of aromatic nitrogens is 3. The molecule has 2 heterocycles. The van der Waals surface area contributed by atoms with Crippen molar-refractivity contribution in [2.45, 2.75) is 19.9 Å². The van der Waals surface area contributed by atoms with Crippen LogP contribution in [0.2, 0.25) is 10.0 Å². The lowest BCUT2D eigenvalue weighted by Gasteiger charge is -2.28. The number of carbonyl (C=O) groups excluding carboxylic acids is 1. The summed E-state index contributed by atoms with van der Waals surface area (Å²) in [6, 6.07) is 4.60. The molecule has 2 aromatic rings. The minimum absolute atomic E-state index is 0.279. The number of halogens is 2. The maximum atomic E-state index is 12.5. The topological polar surface area (TPSA) is 69.0 Å². The standard InChI is InChI=1S/C15H14Cl2N4O2/c1-3-23-14(22)12-8(2)20-15-18-7-19-21(15)13(12)10-5-4-9(16)6-11(10)17/h4-7,13H,3H2,1-2H3,(H,18,19,20). The Balaban J connectivity index is 2.18. The summed E-state index contributed by atoms with van der Waals surface area (Å²) in [6.07, 6.45) is 1.42. The van der Waals surface area contributed by atoms with E-state index in [0.717, 1.165) is 0 Å². The van der Waals surface area contributed by atoms with Crippen molar-refractivity contribution < 1.29 is 9.53 Å². The number of nitrogens with one attached hydrogen (secondary N) is 1. The van der Waals surface area contributed by atoms with Crippen LogP contribution in [0.3, 0.4) is 0 Å². The number of hydrogen-bond donors (Lipinski definition) is 1. The zero-order valence-corrected chi connectivity index (χ0v) is 14.0. The normalized spacial score (nSPS) is 16.8. The number of esters is 1. The van der Waals surface area contributed by atoms with Crippen LogP contribution in [0, 0.1) is 0 Å². The first-order valence-corrected chi connectivity index (χ1v) is 7.78. The van der Waals surface area contributed by atoms with E-state index in [1.165, 1.54) is 6.33 Å². The molecular formula is C15H14Cl2N4O2. The molecule has 0 spiro atoms.